The molecule has 3 heteroatoms. The van der Waals surface area contributed by atoms with E-state index < -0.39 is 5.97 Å². The zero-order chi connectivity index (χ0) is 9.40. The number of carboxylic acids is 1. The molecular weight excluding hydrogens is 156 g/mol. The molecule has 0 aromatic rings. The molecular formula is C9H14O3. The average molecular weight is 170 g/mol. The second-order valence-corrected chi connectivity index (χ2v) is 2.64. The van der Waals surface area contributed by atoms with E-state index in [0.29, 0.717) is 5.78 Å². The van der Waals surface area contributed by atoms with Crippen LogP contribution in [-0.4, -0.2) is 16.9 Å². The minimum Gasteiger partial charge on any atom is -0.478 e. The number of hydrogen-bond acceptors (Lipinski definition) is 2. The molecule has 1 aliphatic rings. The van der Waals surface area contributed by atoms with Gasteiger partial charge in [0.15, 0.2) is 0 Å². The van der Waals surface area contributed by atoms with Crippen LogP contribution in [0.3, 0.4) is 0 Å². The fraction of sp³-hybridized carbons (Fsp3) is 0.556. The molecule has 0 heterocycles. The van der Waals surface area contributed by atoms with Crippen molar-refractivity contribution in [2.75, 3.05) is 0 Å². The quantitative estimate of drug-likeness (QED) is 0.610. The molecule has 0 aliphatic heterocycles. The zero-order valence-electron chi connectivity index (χ0n) is 7.08. The van der Waals surface area contributed by atoms with E-state index in [1.807, 2.05) is 0 Å². The van der Waals surface area contributed by atoms with Crippen molar-refractivity contribution in [3.63, 3.8) is 0 Å². The molecule has 0 spiro atoms. The molecule has 0 radical (unpaired) electrons. The first-order chi connectivity index (χ1) is 5.66. The average Bonchev–Trinajstić information content (AvgIpc) is 2.07. The van der Waals surface area contributed by atoms with E-state index in [-0.39, 0.29) is 0 Å². The van der Waals surface area contributed by atoms with Crippen LogP contribution in [0.5, 0.6) is 0 Å². The Morgan fingerprint density at radius 3 is 1.92 bits per heavy atom. The molecule has 3 nitrogen and oxygen atoms in total. The van der Waals surface area contributed by atoms with Crippen molar-refractivity contribution in [2.45, 2.75) is 32.1 Å². The van der Waals surface area contributed by atoms with Crippen molar-refractivity contribution >= 4 is 11.8 Å². The summed E-state index contributed by atoms with van der Waals surface area (Å²) in [5.74, 6) is -0.517. The first-order valence-electron chi connectivity index (χ1n) is 4.04. The van der Waals surface area contributed by atoms with Crippen molar-refractivity contribution in [1.82, 2.24) is 0 Å². The Hall–Kier alpha value is -1.12. The third-order valence-electron chi connectivity index (χ3n) is 1.59. The maximum absolute atomic E-state index is 10.5. The Morgan fingerprint density at radius 2 is 1.75 bits per heavy atom. The fourth-order valence-corrected chi connectivity index (χ4v) is 0.946. The van der Waals surface area contributed by atoms with E-state index in [1.54, 1.807) is 0 Å². The van der Waals surface area contributed by atoms with Crippen molar-refractivity contribution < 1.29 is 14.7 Å². The minimum absolute atomic E-state index is 0.464. The molecule has 0 atom stereocenters. The van der Waals surface area contributed by atoms with Crippen LogP contribution in [0, 0.1) is 0 Å². The van der Waals surface area contributed by atoms with Crippen LogP contribution in [0.25, 0.3) is 0 Å². The number of hydrogen-bond donors (Lipinski definition) is 1. The maximum atomic E-state index is 10.5. The van der Waals surface area contributed by atoms with Crippen LogP contribution < -0.4 is 0 Å². The summed E-state index contributed by atoms with van der Waals surface area (Å²) in [6.07, 6.45) is 6.07. The highest BCUT2D eigenvalue weighted by Gasteiger charge is 2.05. The van der Waals surface area contributed by atoms with Crippen molar-refractivity contribution in [3.8, 4) is 0 Å². The molecule has 1 rings (SSSR count). The number of rotatable bonds is 1. The third kappa shape index (κ3) is 6.99. The number of aliphatic carboxylic acids is 1. The molecule has 1 saturated carbocycles. The van der Waals surface area contributed by atoms with Gasteiger partial charge < -0.3 is 5.11 Å². The summed E-state index contributed by atoms with van der Waals surface area (Å²) in [4.78, 5) is 19.7. The van der Waals surface area contributed by atoms with E-state index in [2.05, 4.69) is 6.58 Å². The highest BCUT2D eigenvalue weighted by molar-refractivity contribution is 5.79. The topological polar surface area (TPSA) is 54.4 Å². The fourth-order valence-electron chi connectivity index (χ4n) is 0.946. The Morgan fingerprint density at radius 1 is 1.33 bits per heavy atom. The Labute approximate surface area is 72.1 Å². The molecule has 68 valence electrons. The number of carboxylic acid groups (broad SMARTS) is 1. The number of ketones is 1. The summed E-state index contributed by atoms with van der Waals surface area (Å²) in [6.45, 7) is 2.96. The first kappa shape index (κ1) is 10.9. The van der Waals surface area contributed by atoms with E-state index in [4.69, 9.17) is 5.11 Å². The van der Waals surface area contributed by atoms with Crippen LogP contribution in [-0.2, 0) is 9.59 Å². The van der Waals surface area contributed by atoms with Crippen LogP contribution in [0.4, 0.5) is 0 Å². The lowest BCUT2D eigenvalue weighted by Crippen LogP contribution is -2.02. The molecule has 1 aliphatic carbocycles. The van der Waals surface area contributed by atoms with Crippen LogP contribution in [0.15, 0.2) is 12.7 Å². The van der Waals surface area contributed by atoms with E-state index in [0.717, 1.165) is 31.8 Å². The number of carbonyl (C=O) groups is 2. The predicted molar refractivity (Wildman–Crippen MR) is 45.9 cm³/mol. The largest absolute Gasteiger partial charge is 0.478 e. The van der Waals surface area contributed by atoms with Crippen LogP contribution >= 0.6 is 0 Å². The highest BCUT2D eigenvalue weighted by Crippen LogP contribution is 2.12. The summed E-state index contributed by atoms with van der Waals surface area (Å²) in [5.41, 5.74) is 0. The van der Waals surface area contributed by atoms with Gasteiger partial charge in [0.1, 0.15) is 5.78 Å². The zero-order valence-corrected chi connectivity index (χ0v) is 7.08. The second kappa shape index (κ2) is 6.58. The summed E-state index contributed by atoms with van der Waals surface area (Å²) in [6, 6.07) is 0. The van der Waals surface area contributed by atoms with Crippen LogP contribution in [0.1, 0.15) is 32.1 Å². The second-order valence-electron chi connectivity index (χ2n) is 2.64. The third-order valence-corrected chi connectivity index (χ3v) is 1.59. The van der Waals surface area contributed by atoms with Gasteiger partial charge in [0, 0.05) is 18.9 Å². The highest BCUT2D eigenvalue weighted by atomic mass is 16.4. The lowest BCUT2D eigenvalue weighted by atomic mass is 10.00. The number of Topliss-reactive ketones (excluding diaryl/α,β-unsaturated/α-hetero) is 1. The molecule has 12 heavy (non-hydrogen) atoms. The molecule has 1 fully saturated rings. The van der Waals surface area contributed by atoms with Gasteiger partial charge in [-0.1, -0.05) is 13.0 Å². The molecule has 0 unspecified atom stereocenters. The van der Waals surface area contributed by atoms with Gasteiger partial charge in [-0.3, -0.25) is 4.79 Å². The Balaban J connectivity index is 0.000000217. The molecule has 0 saturated heterocycles. The molecule has 0 aromatic heterocycles. The van der Waals surface area contributed by atoms with Gasteiger partial charge >= 0.3 is 5.97 Å². The van der Waals surface area contributed by atoms with E-state index in [9.17, 15) is 9.59 Å². The van der Waals surface area contributed by atoms with Crippen molar-refractivity contribution in [2.24, 2.45) is 0 Å². The Kier molecular flexibility index (Phi) is 5.97. The standard InChI is InChI=1S/C6H10O.C3H4O2/c7-6-4-2-1-3-5-6;1-2-3(4)5/h1-5H2;2H,1H2,(H,4,5). The van der Waals surface area contributed by atoms with Gasteiger partial charge in [-0.15, -0.1) is 0 Å². The van der Waals surface area contributed by atoms with Gasteiger partial charge in [0.05, 0.1) is 0 Å². The molecule has 0 amide bonds. The summed E-state index contributed by atoms with van der Waals surface area (Å²) < 4.78 is 0. The number of carbonyl (C=O) groups excluding carboxylic acids is 1. The van der Waals surface area contributed by atoms with Gasteiger partial charge in [-0.2, -0.15) is 0 Å². The maximum Gasteiger partial charge on any atom is 0.327 e. The molecule has 1 N–H and O–H groups in total. The van der Waals surface area contributed by atoms with Gasteiger partial charge in [0.2, 0.25) is 0 Å². The molecule has 0 aromatic carbocycles. The lowest BCUT2D eigenvalue weighted by molar-refractivity contribution is -0.131. The molecule has 0 bridgehead atoms. The smallest absolute Gasteiger partial charge is 0.327 e. The first-order valence-corrected chi connectivity index (χ1v) is 4.04. The summed E-state index contributed by atoms with van der Waals surface area (Å²) in [5, 5.41) is 7.60. The monoisotopic (exact) mass is 170 g/mol. The van der Waals surface area contributed by atoms with E-state index >= 15 is 0 Å². The van der Waals surface area contributed by atoms with Crippen molar-refractivity contribution in [3.05, 3.63) is 12.7 Å². The minimum atomic E-state index is -0.981. The summed E-state index contributed by atoms with van der Waals surface area (Å²) >= 11 is 0. The van der Waals surface area contributed by atoms with Crippen LogP contribution in [0.2, 0.25) is 0 Å². The van der Waals surface area contributed by atoms with Gasteiger partial charge in [-0.05, 0) is 12.8 Å². The normalized spacial score (nSPS) is 15.8. The van der Waals surface area contributed by atoms with E-state index in [1.165, 1.54) is 6.42 Å². The van der Waals surface area contributed by atoms with Gasteiger partial charge in [0.25, 0.3) is 0 Å². The lowest BCUT2D eigenvalue weighted by Gasteiger charge is -2.05. The SMILES string of the molecule is C=CC(=O)O.O=C1CCCCC1. The van der Waals surface area contributed by atoms with Crippen molar-refractivity contribution in [1.29, 1.82) is 0 Å². The Bertz CT molecular complexity index is 165. The van der Waals surface area contributed by atoms with Gasteiger partial charge in [-0.25, -0.2) is 4.79 Å². The predicted octanol–water partition coefficient (Wildman–Crippen LogP) is 1.78. The summed E-state index contributed by atoms with van der Waals surface area (Å²) in [7, 11) is 0.